The van der Waals surface area contributed by atoms with Gasteiger partial charge in [-0.1, -0.05) is 161 Å². The number of anilines is 6. The first-order chi connectivity index (χ1) is 35.2. The molecule has 13 aromatic rings. The summed E-state index contributed by atoms with van der Waals surface area (Å²) >= 11 is 0. The van der Waals surface area contributed by atoms with Gasteiger partial charge in [-0.15, -0.1) is 0 Å². The number of hydrogen-bond acceptors (Lipinski definition) is 4. The maximum absolute atomic E-state index is 6.84. The predicted molar refractivity (Wildman–Crippen MR) is 303 cm³/mol. The van der Waals surface area contributed by atoms with Crippen molar-refractivity contribution < 1.29 is 8.83 Å². The summed E-state index contributed by atoms with van der Waals surface area (Å²) in [7, 11) is 0. The van der Waals surface area contributed by atoms with Gasteiger partial charge in [0, 0.05) is 66.5 Å². The van der Waals surface area contributed by atoms with Crippen LogP contribution in [-0.2, 0) is 10.8 Å². The standard InChI is InChI=1S/C68H52N2O2/c1-67(2,49-17-9-5-10-18-49)51-27-33-55(34-28-51)69(53-21-13-7-14-22-53)57-31-25-45-41-61-59-37-38-60-62-42-46-26-32-58(40-48(46)44-64(62)72-66(60)65(59)71-63(61)43-47(45)39-57)70(54-23-15-8-16-24-54)56-35-29-52(30-36-56)68(3,4)50-19-11-6-12-20-50/h5-44H,1-4H3. The third-order valence-corrected chi connectivity index (χ3v) is 15.2. The summed E-state index contributed by atoms with van der Waals surface area (Å²) in [5.41, 5.74) is 14.5. The molecule has 0 radical (unpaired) electrons. The molecule has 4 heteroatoms. The zero-order valence-electron chi connectivity index (χ0n) is 40.8. The lowest BCUT2D eigenvalue weighted by Gasteiger charge is -2.29. The Hall–Kier alpha value is -8.86. The van der Waals surface area contributed by atoms with E-state index in [4.69, 9.17) is 8.83 Å². The Bertz CT molecular complexity index is 3850. The number of para-hydroxylation sites is 2. The molecule has 2 aromatic heterocycles. The molecular formula is C68H52N2O2. The topological polar surface area (TPSA) is 32.8 Å². The van der Waals surface area contributed by atoms with Gasteiger partial charge in [0.2, 0.25) is 0 Å². The number of nitrogens with zero attached hydrogens (tertiary/aromatic N) is 2. The molecule has 0 saturated carbocycles. The number of furan rings is 2. The van der Waals surface area contributed by atoms with Crippen molar-refractivity contribution in [3.8, 4) is 0 Å². The van der Waals surface area contributed by atoms with Crippen LogP contribution in [0.5, 0.6) is 0 Å². The monoisotopic (exact) mass is 928 g/mol. The molecule has 11 aromatic carbocycles. The SMILES string of the molecule is CC(C)(c1ccccc1)c1ccc(N(c2ccccc2)c2ccc3cc4c(cc3c2)oc2c4ccc3c4cc5ccc(N(c6ccccc6)c6ccc(C(C)(C)c7ccccc7)cc6)cc5cc4oc32)cc1. The van der Waals surface area contributed by atoms with Crippen molar-refractivity contribution >= 4 is 99.5 Å². The molecule has 4 nitrogen and oxygen atoms in total. The summed E-state index contributed by atoms with van der Waals surface area (Å²) in [5, 5.41) is 8.69. The number of rotatable bonds is 10. The highest BCUT2D eigenvalue weighted by Gasteiger charge is 2.26. The second-order valence-electron chi connectivity index (χ2n) is 20.2. The molecule has 346 valence electrons. The maximum Gasteiger partial charge on any atom is 0.178 e. The molecule has 13 rings (SSSR count). The minimum Gasteiger partial charge on any atom is -0.452 e. The molecular weight excluding hydrogens is 877 g/mol. The Balaban J connectivity index is 0.863. The molecule has 72 heavy (non-hydrogen) atoms. The van der Waals surface area contributed by atoms with Crippen molar-refractivity contribution in [2.75, 3.05) is 9.80 Å². The quantitative estimate of drug-likeness (QED) is 0.137. The van der Waals surface area contributed by atoms with Crippen LogP contribution in [0, 0.1) is 0 Å². The van der Waals surface area contributed by atoms with Crippen LogP contribution in [-0.4, -0.2) is 0 Å². The van der Waals surface area contributed by atoms with Crippen LogP contribution in [0.4, 0.5) is 34.1 Å². The van der Waals surface area contributed by atoms with Crippen LogP contribution in [0.3, 0.4) is 0 Å². The van der Waals surface area contributed by atoms with E-state index in [-0.39, 0.29) is 10.8 Å². The molecule has 0 aliphatic rings. The maximum atomic E-state index is 6.84. The van der Waals surface area contributed by atoms with Gasteiger partial charge in [0.15, 0.2) is 11.2 Å². The minimum absolute atomic E-state index is 0.133. The largest absolute Gasteiger partial charge is 0.452 e. The lowest BCUT2D eigenvalue weighted by Crippen LogP contribution is -2.19. The van der Waals surface area contributed by atoms with E-state index in [0.29, 0.717) is 0 Å². The van der Waals surface area contributed by atoms with Crippen molar-refractivity contribution in [1.29, 1.82) is 0 Å². The fourth-order valence-corrected chi connectivity index (χ4v) is 11.0. The molecule has 0 unspecified atom stereocenters. The van der Waals surface area contributed by atoms with E-state index in [1.165, 1.54) is 22.3 Å². The Labute approximate surface area is 419 Å². The first kappa shape index (κ1) is 43.2. The molecule has 0 saturated heterocycles. The number of hydrogen-bond donors (Lipinski definition) is 0. The van der Waals surface area contributed by atoms with Crippen molar-refractivity contribution in [3.63, 3.8) is 0 Å². The lowest BCUT2D eigenvalue weighted by molar-refractivity contribution is 0.634. The van der Waals surface area contributed by atoms with Crippen LogP contribution in [0.2, 0.25) is 0 Å². The Morgan fingerprint density at radius 1 is 0.264 bits per heavy atom. The molecule has 0 bridgehead atoms. The zero-order valence-corrected chi connectivity index (χ0v) is 40.8. The van der Waals surface area contributed by atoms with E-state index in [1.807, 2.05) is 0 Å². The van der Waals surface area contributed by atoms with E-state index in [9.17, 15) is 0 Å². The highest BCUT2D eigenvalue weighted by molar-refractivity contribution is 6.21. The molecule has 0 aliphatic carbocycles. The number of benzene rings is 11. The first-order valence-corrected chi connectivity index (χ1v) is 24.9. The second-order valence-corrected chi connectivity index (χ2v) is 20.2. The number of fused-ring (bicyclic) bond motifs is 9. The van der Waals surface area contributed by atoms with Crippen LogP contribution in [0.15, 0.2) is 251 Å². The fraction of sp³-hybridized carbons (Fsp3) is 0.0882. The van der Waals surface area contributed by atoms with Crippen molar-refractivity contribution in [3.05, 3.63) is 265 Å². The highest BCUT2D eigenvalue weighted by atomic mass is 16.4. The van der Waals surface area contributed by atoms with Gasteiger partial charge < -0.3 is 18.6 Å². The summed E-state index contributed by atoms with van der Waals surface area (Å²) in [6, 6.07) is 87.4. The molecule has 0 N–H and O–H groups in total. The summed E-state index contributed by atoms with van der Waals surface area (Å²) in [4.78, 5) is 4.66. The summed E-state index contributed by atoms with van der Waals surface area (Å²) in [6.07, 6.45) is 0. The van der Waals surface area contributed by atoms with E-state index >= 15 is 0 Å². The Kier molecular flexibility index (Phi) is 10.2. The minimum atomic E-state index is -0.133. The summed E-state index contributed by atoms with van der Waals surface area (Å²) in [5.74, 6) is 0. The van der Waals surface area contributed by atoms with Gasteiger partial charge in [0.1, 0.15) is 11.2 Å². The summed E-state index contributed by atoms with van der Waals surface area (Å²) in [6.45, 7) is 9.16. The van der Waals surface area contributed by atoms with Gasteiger partial charge in [0.25, 0.3) is 0 Å². The smallest absolute Gasteiger partial charge is 0.178 e. The van der Waals surface area contributed by atoms with Crippen LogP contribution < -0.4 is 9.80 Å². The Morgan fingerprint density at radius 2 is 0.583 bits per heavy atom. The molecule has 0 atom stereocenters. The summed E-state index contributed by atoms with van der Waals surface area (Å²) < 4.78 is 13.7. The van der Waals surface area contributed by atoms with E-state index in [0.717, 1.165) is 99.5 Å². The lowest BCUT2D eigenvalue weighted by atomic mass is 9.78. The highest BCUT2D eigenvalue weighted by Crippen LogP contribution is 2.45. The second kappa shape index (κ2) is 16.9. The molecule has 0 aliphatic heterocycles. The van der Waals surface area contributed by atoms with Crippen LogP contribution >= 0.6 is 0 Å². The van der Waals surface area contributed by atoms with Gasteiger partial charge in [-0.3, -0.25) is 0 Å². The Morgan fingerprint density at radius 3 is 0.958 bits per heavy atom. The van der Waals surface area contributed by atoms with E-state index in [2.05, 4.69) is 280 Å². The van der Waals surface area contributed by atoms with Crippen LogP contribution in [0.25, 0.3) is 65.4 Å². The van der Waals surface area contributed by atoms with Crippen molar-refractivity contribution in [2.45, 2.75) is 38.5 Å². The van der Waals surface area contributed by atoms with E-state index < -0.39 is 0 Å². The van der Waals surface area contributed by atoms with Gasteiger partial charge in [0.05, 0.1) is 0 Å². The van der Waals surface area contributed by atoms with Gasteiger partial charge in [-0.05, 0) is 153 Å². The third-order valence-electron chi connectivity index (χ3n) is 15.2. The van der Waals surface area contributed by atoms with Gasteiger partial charge in [-0.25, -0.2) is 0 Å². The molecule has 0 spiro atoms. The van der Waals surface area contributed by atoms with Crippen molar-refractivity contribution in [1.82, 2.24) is 0 Å². The molecule has 2 heterocycles. The van der Waals surface area contributed by atoms with Gasteiger partial charge >= 0.3 is 0 Å². The zero-order chi connectivity index (χ0) is 48.6. The first-order valence-electron chi connectivity index (χ1n) is 24.9. The van der Waals surface area contributed by atoms with Gasteiger partial charge in [-0.2, -0.15) is 0 Å². The average molecular weight is 929 g/mol. The fourth-order valence-electron chi connectivity index (χ4n) is 11.0. The van der Waals surface area contributed by atoms with Crippen LogP contribution in [0.1, 0.15) is 49.9 Å². The van der Waals surface area contributed by atoms with Crippen molar-refractivity contribution in [2.24, 2.45) is 0 Å². The predicted octanol–water partition coefficient (Wildman–Crippen LogP) is 19.4. The molecule has 0 fully saturated rings. The average Bonchev–Trinajstić information content (AvgIpc) is 3.98. The van der Waals surface area contributed by atoms with E-state index in [1.54, 1.807) is 0 Å². The normalized spacial score (nSPS) is 12.2. The third kappa shape index (κ3) is 7.29. The molecule has 0 amide bonds.